The maximum atomic E-state index is 10.9. The van der Waals surface area contributed by atoms with E-state index in [9.17, 15) is 9.90 Å². The first-order chi connectivity index (χ1) is 6.02. The zero-order valence-corrected chi connectivity index (χ0v) is 7.42. The standard InChI is InChI=1S/C10H11NO2/c1-6(2)8-4-5-9(13)11-10(8)7(3)12/h4-5,12H,1,3H2,2H3,(H,11,13). The van der Waals surface area contributed by atoms with E-state index in [1.54, 1.807) is 13.0 Å². The van der Waals surface area contributed by atoms with Crippen LogP contribution in [0, 0.1) is 0 Å². The molecule has 1 aromatic rings. The third kappa shape index (κ3) is 1.87. The minimum Gasteiger partial charge on any atom is -0.506 e. The van der Waals surface area contributed by atoms with E-state index in [2.05, 4.69) is 18.1 Å². The minimum atomic E-state index is -0.268. The van der Waals surface area contributed by atoms with Gasteiger partial charge >= 0.3 is 0 Å². The highest BCUT2D eigenvalue weighted by Gasteiger charge is 2.05. The van der Waals surface area contributed by atoms with Crippen molar-refractivity contribution in [1.29, 1.82) is 0 Å². The van der Waals surface area contributed by atoms with E-state index in [0.717, 1.165) is 5.57 Å². The normalized spacial score (nSPS) is 9.62. The van der Waals surface area contributed by atoms with Crippen LogP contribution in [0.3, 0.4) is 0 Å². The molecule has 0 fully saturated rings. The van der Waals surface area contributed by atoms with Gasteiger partial charge in [0.1, 0.15) is 5.76 Å². The summed E-state index contributed by atoms with van der Waals surface area (Å²) in [4.78, 5) is 13.4. The predicted octanol–water partition coefficient (Wildman–Crippen LogP) is 1.94. The van der Waals surface area contributed by atoms with Crippen molar-refractivity contribution < 1.29 is 5.11 Å². The zero-order valence-electron chi connectivity index (χ0n) is 7.42. The molecule has 0 atom stereocenters. The van der Waals surface area contributed by atoms with Gasteiger partial charge in [0.05, 0.1) is 5.69 Å². The van der Waals surface area contributed by atoms with Crippen molar-refractivity contribution >= 4 is 11.3 Å². The van der Waals surface area contributed by atoms with Gasteiger partial charge in [0.15, 0.2) is 0 Å². The quantitative estimate of drug-likeness (QED) is 0.678. The molecule has 0 aliphatic rings. The number of aliphatic hydroxyl groups is 1. The first-order valence-corrected chi connectivity index (χ1v) is 3.80. The lowest BCUT2D eigenvalue weighted by Gasteiger charge is -2.06. The number of H-pyrrole nitrogens is 1. The summed E-state index contributed by atoms with van der Waals surface area (Å²) < 4.78 is 0. The SMILES string of the molecule is C=C(C)c1ccc(=O)[nH]c1C(=C)O. The van der Waals surface area contributed by atoms with Crippen LogP contribution in [0.25, 0.3) is 11.3 Å². The molecule has 3 heteroatoms. The second-order valence-corrected chi connectivity index (χ2v) is 2.84. The van der Waals surface area contributed by atoms with Crippen LogP contribution >= 0.6 is 0 Å². The molecule has 13 heavy (non-hydrogen) atoms. The van der Waals surface area contributed by atoms with Gasteiger partial charge in [-0.2, -0.15) is 0 Å². The average molecular weight is 177 g/mol. The molecule has 1 aromatic heterocycles. The summed E-state index contributed by atoms with van der Waals surface area (Å²) in [7, 11) is 0. The lowest BCUT2D eigenvalue weighted by atomic mass is 10.1. The molecule has 0 amide bonds. The van der Waals surface area contributed by atoms with E-state index in [1.807, 2.05) is 0 Å². The molecule has 0 bridgehead atoms. The van der Waals surface area contributed by atoms with Gasteiger partial charge < -0.3 is 10.1 Å². The molecule has 0 aromatic carbocycles. The second-order valence-electron chi connectivity index (χ2n) is 2.84. The molecule has 0 spiro atoms. The number of aromatic nitrogens is 1. The van der Waals surface area contributed by atoms with Gasteiger partial charge in [-0.05, 0) is 18.6 Å². The molecular weight excluding hydrogens is 166 g/mol. The Kier molecular flexibility index (Phi) is 2.37. The van der Waals surface area contributed by atoms with Crippen molar-refractivity contribution in [2.75, 3.05) is 0 Å². The highest BCUT2D eigenvalue weighted by Crippen LogP contribution is 2.17. The smallest absolute Gasteiger partial charge is 0.248 e. The Morgan fingerprint density at radius 1 is 1.46 bits per heavy atom. The van der Waals surface area contributed by atoms with Crippen LogP contribution < -0.4 is 5.56 Å². The van der Waals surface area contributed by atoms with Gasteiger partial charge in [0, 0.05) is 11.6 Å². The Labute approximate surface area is 76.1 Å². The van der Waals surface area contributed by atoms with Crippen molar-refractivity contribution in [2.24, 2.45) is 0 Å². The lowest BCUT2D eigenvalue weighted by Crippen LogP contribution is -2.08. The third-order valence-electron chi connectivity index (χ3n) is 1.67. The summed E-state index contributed by atoms with van der Waals surface area (Å²) in [5.41, 5.74) is 1.53. The van der Waals surface area contributed by atoms with Crippen LogP contribution in [0.1, 0.15) is 18.2 Å². The van der Waals surface area contributed by atoms with E-state index in [1.165, 1.54) is 6.07 Å². The highest BCUT2D eigenvalue weighted by atomic mass is 16.3. The van der Waals surface area contributed by atoms with E-state index < -0.39 is 0 Å². The van der Waals surface area contributed by atoms with Crippen LogP contribution in [0.2, 0.25) is 0 Å². The summed E-state index contributed by atoms with van der Waals surface area (Å²) >= 11 is 0. The van der Waals surface area contributed by atoms with Crippen molar-refractivity contribution in [2.45, 2.75) is 6.92 Å². The monoisotopic (exact) mass is 177 g/mol. The number of hydrogen-bond donors (Lipinski definition) is 2. The van der Waals surface area contributed by atoms with Gasteiger partial charge in [-0.25, -0.2) is 0 Å². The summed E-state index contributed by atoms with van der Waals surface area (Å²) in [6, 6.07) is 2.99. The average Bonchev–Trinajstić information content (AvgIpc) is 2.03. The van der Waals surface area contributed by atoms with Gasteiger partial charge in [-0.1, -0.05) is 13.2 Å². The fraction of sp³-hybridized carbons (Fsp3) is 0.100. The third-order valence-corrected chi connectivity index (χ3v) is 1.67. The Morgan fingerprint density at radius 3 is 2.54 bits per heavy atom. The molecule has 2 N–H and O–H groups in total. The topological polar surface area (TPSA) is 53.1 Å². The van der Waals surface area contributed by atoms with Crippen molar-refractivity contribution in [1.82, 2.24) is 4.98 Å². The Hall–Kier alpha value is -1.77. The van der Waals surface area contributed by atoms with Gasteiger partial charge in [-0.3, -0.25) is 4.79 Å². The molecule has 0 radical (unpaired) electrons. The summed E-state index contributed by atoms with van der Waals surface area (Å²) in [5.74, 6) is -0.157. The van der Waals surface area contributed by atoms with Crippen LogP contribution in [0.15, 0.2) is 30.1 Å². The molecule has 0 saturated carbocycles. The number of aliphatic hydroxyl groups excluding tert-OH is 1. The molecule has 0 unspecified atom stereocenters. The molecule has 0 aliphatic heterocycles. The predicted molar refractivity (Wildman–Crippen MR) is 53.4 cm³/mol. The van der Waals surface area contributed by atoms with Crippen molar-refractivity contribution in [3.8, 4) is 0 Å². The van der Waals surface area contributed by atoms with E-state index in [4.69, 9.17) is 0 Å². The molecule has 0 aliphatic carbocycles. The van der Waals surface area contributed by atoms with Crippen LogP contribution in [-0.4, -0.2) is 10.1 Å². The first-order valence-electron chi connectivity index (χ1n) is 3.80. The number of allylic oxidation sites excluding steroid dienone is 1. The van der Waals surface area contributed by atoms with Gasteiger partial charge in [0.2, 0.25) is 5.56 Å². The van der Waals surface area contributed by atoms with E-state index >= 15 is 0 Å². The minimum absolute atomic E-state index is 0.157. The summed E-state index contributed by atoms with van der Waals surface area (Å²) in [5, 5.41) is 9.17. The maximum absolute atomic E-state index is 10.9. The lowest BCUT2D eigenvalue weighted by molar-refractivity contribution is 0.510. The van der Waals surface area contributed by atoms with Gasteiger partial charge in [0.25, 0.3) is 0 Å². The van der Waals surface area contributed by atoms with Crippen molar-refractivity contribution in [3.63, 3.8) is 0 Å². The number of aromatic amines is 1. The largest absolute Gasteiger partial charge is 0.506 e. The molecule has 1 heterocycles. The summed E-state index contributed by atoms with van der Waals surface area (Å²) in [6.45, 7) is 8.87. The van der Waals surface area contributed by atoms with Crippen molar-refractivity contribution in [3.05, 3.63) is 46.9 Å². The van der Waals surface area contributed by atoms with Crippen LogP contribution in [0.4, 0.5) is 0 Å². The fourth-order valence-corrected chi connectivity index (χ4v) is 1.06. The molecular formula is C10H11NO2. The molecule has 68 valence electrons. The Bertz CT molecular complexity index is 415. The number of pyridine rings is 1. The van der Waals surface area contributed by atoms with Gasteiger partial charge in [-0.15, -0.1) is 0 Å². The molecule has 3 nitrogen and oxygen atoms in total. The maximum Gasteiger partial charge on any atom is 0.248 e. The highest BCUT2D eigenvalue weighted by molar-refractivity contribution is 5.71. The number of hydrogen-bond acceptors (Lipinski definition) is 2. The van der Waals surface area contributed by atoms with Crippen LogP contribution in [-0.2, 0) is 0 Å². The summed E-state index contributed by atoms with van der Waals surface area (Å²) in [6.07, 6.45) is 0. The Balaban J connectivity index is 3.44. The number of nitrogens with one attached hydrogen (secondary N) is 1. The van der Waals surface area contributed by atoms with E-state index in [0.29, 0.717) is 11.3 Å². The number of rotatable bonds is 2. The second kappa shape index (κ2) is 3.31. The van der Waals surface area contributed by atoms with E-state index in [-0.39, 0.29) is 11.3 Å². The molecule has 1 rings (SSSR count). The van der Waals surface area contributed by atoms with Crippen LogP contribution in [0.5, 0.6) is 0 Å². The zero-order chi connectivity index (χ0) is 10.0. The molecule has 0 saturated heterocycles. The Morgan fingerprint density at radius 2 is 2.08 bits per heavy atom. The fourth-order valence-electron chi connectivity index (χ4n) is 1.06. The first kappa shape index (κ1) is 9.32.